The van der Waals surface area contributed by atoms with Crippen LogP contribution in [0.4, 0.5) is 17.3 Å². The molecule has 0 saturated heterocycles. The van der Waals surface area contributed by atoms with E-state index >= 15 is 0 Å². The van der Waals surface area contributed by atoms with Gasteiger partial charge in [0.05, 0.1) is 15.9 Å². The van der Waals surface area contributed by atoms with Crippen molar-refractivity contribution in [3.63, 3.8) is 0 Å². The molecular formula is C22H22Cl2N6. The highest BCUT2D eigenvalue weighted by Gasteiger charge is 2.18. The van der Waals surface area contributed by atoms with E-state index in [9.17, 15) is 0 Å². The minimum Gasteiger partial charge on any atom is -0.384 e. The minimum atomic E-state index is 0.466. The molecule has 0 atom stereocenters. The third kappa shape index (κ3) is 4.78. The molecule has 2 aromatic heterocycles. The van der Waals surface area contributed by atoms with Gasteiger partial charge in [0.1, 0.15) is 11.6 Å². The number of fused-ring (bicyclic) bond motifs is 1. The number of pyridine rings is 2. The largest absolute Gasteiger partial charge is 0.384 e. The number of hydrogen-bond donors (Lipinski definition) is 3. The SMILES string of the molecule is C=C(NCc1ccc(Cl)c(Cl)c1)N1CCc2cnc(Nc3ccnc(N)c3)cc2C1. The van der Waals surface area contributed by atoms with E-state index < -0.39 is 0 Å². The average molecular weight is 441 g/mol. The molecule has 0 radical (unpaired) electrons. The lowest BCUT2D eigenvalue weighted by atomic mass is 10.0. The molecule has 0 saturated carbocycles. The molecule has 0 amide bonds. The maximum Gasteiger partial charge on any atom is 0.130 e. The monoisotopic (exact) mass is 440 g/mol. The number of rotatable bonds is 6. The summed E-state index contributed by atoms with van der Waals surface area (Å²) in [5.74, 6) is 2.11. The molecule has 30 heavy (non-hydrogen) atoms. The molecule has 0 unspecified atom stereocenters. The van der Waals surface area contributed by atoms with Crippen molar-refractivity contribution in [2.45, 2.75) is 19.5 Å². The predicted octanol–water partition coefficient (Wildman–Crippen LogP) is 4.73. The average Bonchev–Trinajstić information content (AvgIpc) is 2.74. The Hall–Kier alpha value is -2.96. The second-order valence-corrected chi connectivity index (χ2v) is 7.97. The number of halogens is 2. The molecule has 154 valence electrons. The number of aromatic nitrogens is 2. The highest BCUT2D eigenvalue weighted by molar-refractivity contribution is 6.42. The fraction of sp³-hybridized carbons (Fsp3) is 0.182. The van der Waals surface area contributed by atoms with Crippen molar-refractivity contribution in [3.05, 3.63) is 87.9 Å². The second-order valence-electron chi connectivity index (χ2n) is 7.15. The first kappa shape index (κ1) is 20.3. The lowest BCUT2D eigenvalue weighted by molar-refractivity contribution is 0.299. The van der Waals surface area contributed by atoms with E-state index in [1.165, 1.54) is 11.1 Å². The predicted molar refractivity (Wildman–Crippen MR) is 123 cm³/mol. The number of hydrogen-bond acceptors (Lipinski definition) is 6. The van der Waals surface area contributed by atoms with Crippen LogP contribution in [0.15, 0.2) is 61.2 Å². The summed E-state index contributed by atoms with van der Waals surface area (Å²) in [5, 5.41) is 7.78. The van der Waals surface area contributed by atoms with Gasteiger partial charge in [-0.2, -0.15) is 0 Å². The third-order valence-corrected chi connectivity index (χ3v) is 5.75. The Balaban J connectivity index is 1.40. The number of nitrogens with one attached hydrogen (secondary N) is 2. The van der Waals surface area contributed by atoms with Crippen molar-refractivity contribution in [1.82, 2.24) is 20.2 Å². The van der Waals surface area contributed by atoms with Gasteiger partial charge in [-0.25, -0.2) is 9.97 Å². The molecule has 4 N–H and O–H groups in total. The molecule has 8 heteroatoms. The summed E-state index contributed by atoms with van der Waals surface area (Å²) in [6, 6.07) is 11.3. The van der Waals surface area contributed by atoms with Gasteiger partial charge >= 0.3 is 0 Å². The van der Waals surface area contributed by atoms with Crippen LogP contribution in [-0.2, 0) is 19.5 Å². The quantitative estimate of drug-likeness (QED) is 0.514. The highest BCUT2D eigenvalue weighted by atomic mass is 35.5. The Kier molecular flexibility index (Phi) is 5.97. The Bertz CT molecular complexity index is 1080. The van der Waals surface area contributed by atoms with Crippen molar-refractivity contribution >= 4 is 40.5 Å². The topological polar surface area (TPSA) is 79.1 Å². The first-order valence-electron chi connectivity index (χ1n) is 9.56. The number of nitrogens with zero attached hydrogens (tertiary/aromatic N) is 3. The summed E-state index contributed by atoms with van der Waals surface area (Å²) < 4.78 is 0. The molecule has 6 nitrogen and oxygen atoms in total. The van der Waals surface area contributed by atoms with Gasteiger partial charge in [-0.3, -0.25) is 0 Å². The van der Waals surface area contributed by atoms with Gasteiger partial charge in [0, 0.05) is 43.8 Å². The van der Waals surface area contributed by atoms with Gasteiger partial charge in [-0.1, -0.05) is 35.8 Å². The molecule has 0 bridgehead atoms. The van der Waals surface area contributed by atoms with E-state index in [4.69, 9.17) is 28.9 Å². The van der Waals surface area contributed by atoms with E-state index in [1.807, 2.05) is 24.4 Å². The molecule has 1 aromatic carbocycles. The molecule has 0 aliphatic carbocycles. The summed E-state index contributed by atoms with van der Waals surface area (Å²) in [6.45, 7) is 6.49. The summed E-state index contributed by atoms with van der Waals surface area (Å²) in [7, 11) is 0. The van der Waals surface area contributed by atoms with E-state index in [0.717, 1.165) is 42.4 Å². The Morgan fingerprint density at radius 1 is 1.10 bits per heavy atom. The molecular weight excluding hydrogens is 419 g/mol. The van der Waals surface area contributed by atoms with Crippen LogP contribution in [0, 0.1) is 0 Å². The number of nitrogen functional groups attached to an aromatic ring is 1. The van der Waals surface area contributed by atoms with E-state index in [0.29, 0.717) is 22.4 Å². The van der Waals surface area contributed by atoms with E-state index in [1.54, 1.807) is 18.3 Å². The molecule has 3 heterocycles. The van der Waals surface area contributed by atoms with Crippen LogP contribution < -0.4 is 16.4 Å². The third-order valence-electron chi connectivity index (χ3n) is 5.01. The number of anilines is 3. The zero-order valence-corrected chi connectivity index (χ0v) is 17.8. The second kappa shape index (κ2) is 8.81. The van der Waals surface area contributed by atoms with Crippen LogP contribution in [0.3, 0.4) is 0 Å². The summed E-state index contributed by atoms with van der Waals surface area (Å²) in [5.41, 5.74) is 10.1. The normalized spacial score (nSPS) is 12.9. The maximum atomic E-state index is 6.10. The molecule has 4 rings (SSSR count). The maximum absolute atomic E-state index is 6.10. The van der Waals surface area contributed by atoms with Gasteiger partial charge in [0.15, 0.2) is 0 Å². The lowest BCUT2D eigenvalue weighted by Crippen LogP contribution is -2.35. The van der Waals surface area contributed by atoms with Gasteiger partial charge in [0.2, 0.25) is 0 Å². The van der Waals surface area contributed by atoms with Crippen molar-refractivity contribution in [2.24, 2.45) is 0 Å². The van der Waals surface area contributed by atoms with Crippen LogP contribution in [-0.4, -0.2) is 21.4 Å². The molecule has 3 aromatic rings. The zero-order valence-electron chi connectivity index (χ0n) is 16.3. The fourth-order valence-corrected chi connectivity index (χ4v) is 3.70. The van der Waals surface area contributed by atoms with Crippen LogP contribution in [0.1, 0.15) is 16.7 Å². The van der Waals surface area contributed by atoms with Crippen LogP contribution in [0.5, 0.6) is 0 Å². The summed E-state index contributed by atoms with van der Waals surface area (Å²) >= 11 is 12.1. The molecule has 0 fully saturated rings. The Morgan fingerprint density at radius 3 is 2.77 bits per heavy atom. The number of nitrogens with two attached hydrogens (primary N) is 1. The van der Waals surface area contributed by atoms with Gasteiger partial charge < -0.3 is 21.3 Å². The van der Waals surface area contributed by atoms with Gasteiger partial charge in [-0.05, 0) is 47.4 Å². The minimum absolute atomic E-state index is 0.466. The first-order chi connectivity index (χ1) is 14.5. The van der Waals surface area contributed by atoms with Crippen molar-refractivity contribution in [1.29, 1.82) is 0 Å². The van der Waals surface area contributed by atoms with Gasteiger partial charge in [0.25, 0.3) is 0 Å². The van der Waals surface area contributed by atoms with Crippen LogP contribution >= 0.6 is 23.2 Å². The van der Waals surface area contributed by atoms with Crippen LogP contribution in [0.25, 0.3) is 0 Å². The van der Waals surface area contributed by atoms with Crippen molar-refractivity contribution in [2.75, 3.05) is 17.6 Å². The fourth-order valence-electron chi connectivity index (χ4n) is 3.38. The summed E-state index contributed by atoms with van der Waals surface area (Å²) in [4.78, 5) is 10.8. The van der Waals surface area contributed by atoms with Gasteiger partial charge in [-0.15, -0.1) is 0 Å². The van der Waals surface area contributed by atoms with Crippen LogP contribution in [0.2, 0.25) is 10.0 Å². The van der Waals surface area contributed by atoms with E-state index in [2.05, 4.69) is 38.1 Å². The van der Waals surface area contributed by atoms with Crippen molar-refractivity contribution in [3.8, 4) is 0 Å². The number of benzene rings is 1. The lowest BCUT2D eigenvalue weighted by Gasteiger charge is -2.32. The van der Waals surface area contributed by atoms with E-state index in [-0.39, 0.29) is 0 Å². The zero-order chi connectivity index (χ0) is 21.1. The standard InChI is InChI=1S/C22H22Cl2N6/c1-14(27-11-15-2-3-19(23)20(24)8-15)30-7-5-16-12-28-22(9-17(16)13-30)29-18-4-6-26-21(25)10-18/h2-4,6,8-10,12,27H,1,5,7,11,13H2,(H3,25,26,28,29). The Labute approximate surface area is 185 Å². The Morgan fingerprint density at radius 2 is 1.97 bits per heavy atom. The molecule has 1 aliphatic heterocycles. The smallest absolute Gasteiger partial charge is 0.130 e. The highest BCUT2D eigenvalue weighted by Crippen LogP contribution is 2.25. The van der Waals surface area contributed by atoms with Crippen molar-refractivity contribution < 1.29 is 0 Å². The molecule has 0 spiro atoms. The summed E-state index contributed by atoms with van der Waals surface area (Å²) in [6.07, 6.45) is 4.52. The first-order valence-corrected chi connectivity index (χ1v) is 10.3. The molecule has 1 aliphatic rings.